The number of esters is 3. The Morgan fingerprint density at radius 3 is 0.768 bits per heavy atom. The van der Waals surface area contributed by atoms with Gasteiger partial charge in [0.25, 0.3) is 0 Å². The van der Waals surface area contributed by atoms with Crippen LogP contribution >= 0.6 is 0 Å². The fraction of sp³-hybridized carbons (Fsp3) is 0.750. The van der Waals surface area contributed by atoms with Gasteiger partial charge in [-0.1, -0.05) is 304 Å². The number of unbranched alkanes of at least 4 members (excludes halogenated alkanes) is 37. The minimum absolute atomic E-state index is 0.0808. The molecular formula is C76H132O6. The summed E-state index contributed by atoms with van der Waals surface area (Å²) in [6.45, 7) is 6.52. The molecule has 0 aliphatic carbocycles. The van der Waals surface area contributed by atoms with Crippen LogP contribution in [0.4, 0.5) is 0 Å². The Hall–Kier alpha value is -3.67. The first-order valence-electron chi connectivity index (χ1n) is 35.2. The van der Waals surface area contributed by atoms with Gasteiger partial charge in [0.05, 0.1) is 0 Å². The third-order valence-electron chi connectivity index (χ3n) is 15.3. The van der Waals surface area contributed by atoms with Gasteiger partial charge in [-0.3, -0.25) is 14.4 Å². The predicted molar refractivity (Wildman–Crippen MR) is 357 cm³/mol. The van der Waals surface area contributed by atoms with E-state index < -0.39 is 6.10 Å². The molecule has 0 aromatic heterocycles. The maximum Gasteiger partial charge on any atom is 0.306 e. The molecule has 0 aliphatic rings. The second kappa shape index (κ2) is 69.8. The summed E-state index contributed by atoms with van der Waals surface area (Å²) >= 11 is 0. The number of ether oxygens (including phenoxy) is 3. The van der Waals surface area contributed by atoms with Crippen LogP contribution in [0.1, 0.15) is 348 Å². The second-order valence-electron chi connectivity index (χ2n) is 23.4. The number of carbonyl (C=O) groups is 3. The highest BCUT2D eigenvalue weighted by Gasteiger charge is 2.19. The lowest BCUT2D eigenvalue weighted by molar-refractivity contribution is -0.167. The molecule has 472 valence electrons. The van der Waals surface area contributed by atoms with E-state index in [1.807, 2.05) is 0 Å². The number of carbonyl (C=O) groups excluding carboxylic acids is 3. The number of rotatable bonds is 64. The summed E-state index contributed by atoms with van der Waals surface area (Å²) in [5, 5.41) is 0. The normalized spacial score (nSPS) is 12.7. The van der Waals surface area contributed by atoms with Crippen LogP contribution in [0.15, 0.2) is 97.2 Å². The van der Waals surface area contributed by atoms with Gasteiger partial charge in [-0.05, 0) is 122 Å². The molecule has 1 atom stereocenters. The molecule has 0 fully saturated rings. The molecule has 0 spiro atoms. The molecule has 0 saturated heterocycles. The van der Waals surface area contributed by atoms with Crippen molar-refractivity contribution in [1.82, 2.24) is 0 Å². The average molecular weight is 1140 g/mol. The molecule has 0 rings (SSSR count). The summed E-state index contributed by atoms with van der Waals surface area (Å²) < 4.78 is 17.0. The first kappa shape index (κ1) is 78.3. The van der Waals surface area contributed by atoms with Crippen LogP contribution in [0, 0.1) is 0 Å². The second-order valence-corrected chi connectivity index (χ2v) is 23.4. The number of hydrogen-bond acceptors (Lipinski definition) is 6. The van der Waals surface area contributed by atoms with Crippen molar-refractivity contribution < 1.29 is 28.6 Å². The zero-order chi connectivity index (χ0) is 59.2. The van der Waals surface area contributed by atoms with Gasteiger partial charge in [-0.2, -0.15) is 0 Å². The fourth-order valence-corrected chi connectivity index (χ4v) is 10.0. The maximum absolute atomic E-state index is 12.9. The minimum Gasteiger partial charge on any atom is -0.462 e. The minimum atomic E-state index is -0.786. The van der Waals surface area contributed by atoms with Crippen LogP contribution in [0.25, 0.3) is 0 Å². The molecule has 82 heavy (non-hydrogen) atoms. The monoisotopic (exact) mass is 1140 g/mol. The largest absolute Gasteiger partial charge is 0.462 e. The maximum atomic E-state index is 12.9. The molecule has 0 aromatic carbocycles. The highest BCUT2D eigenvalue weighted by atomic mass is 16.6. The van der Waals surface area contributed by atoms with Gasteiger partial charge in [0.1, 0.15) is 13.2 Å². The molecule has 0 radical (unpaired) electrons. The third kappa shape index (κ3) is 67.1. The predicted octanol–water partition coefficient (Wildman–Crippen LogP) is 24.4. The van der Waals surface area contributed by atoms with Crippen molar-refractivity contribution in [2.45, 2.75) is 354 Å². The Morgan fingerprint density at radius 2 is 0.476 bits per heavy atom. The van der Waals surface area contributed by atoms with Gasteiger partial charge in [0.2, 0.25) is 0 Å². The zero-order valence-electron chi connectivity index (χ0n) is 54.2. The summed E-state index contributed by atoms with van der Waals surface area (Å²) in [4.78, 5) is 38.5. The van der Waals surface area contributed by atoms with Crippen molar-refractivity contribution >= 4 is 17.9 Å². The van der Waals surface area contributed by atoms with Gasteiger partial charge in [0, 0.05) is 19.3 Å². The smallest absolute Gasteiger partial charge is 0.306 e. The lowest BCUT2D eigenvalue weighted by Crippen LogP contribution is -2.30. The van der Waals surface area contributed by atoms with Crippen molar-refractivity contribution in [2.24, 2.45) is 0 Å². The van der Waals surface area contributed by atoms with Crippen molar-refractivity contribution in [3.8, 4) is 0 Å². The molecule has 6 nitrogen and oxygen atoms in total. The Kier molecular flexibility index (Phi) is 66.7. The lowest BCUT2D eigenvalue weighted by atomic mass is 10.0. The molecule has 0 amide bonds. The van der Waals surface area contributed by atoms with Crippen LogP contribution in [0.2, 0.25) is 0 Å². The number of hydrogen-bond donors (Lipinski definition) is 0. The Balaban J connectivity index is 4.29. The summed E-state index contributed by atoms with van der Waals surface area (Å²) in [5.74, 6) is -0.880. The van der Waals surface area contributed by atoms with Crippen molar-refractivity contribution in [2.75, 3.05) is 13.2 Å². The summed E-state index contributed by atoms with van der Waals surface area (Å²) in [7, 11) is 0. The van der Waals surface area contributed by atoms with Gasteiger partial charge in [-0.15, -0.1) is 0 Å². The third-order valence-corrected chi connectivity index (χ3v) is 15.3. The molecule has 0 heterocycles. The van der Waals surface area contributed by atoms with Crippen molar-refractivity contribution in [3.05, 3.63) is 97.2 Å². The van der Waals surface area contributed by atoms with Gasteiger partial charge >= 0.3 is 17.9 Å². The van der Waals surface area contributed by atoms with Crippen LogP contribution in [-0.2, 0) is 28.6 Å². The SMILES string of the molecule is CC/C=C\C/C=C\C/C=C\C/C=C\CCCCCCCCCCCCCCCCCCC(=O)OCC(COC(=O)CCCCCCCCC/C=C\C/C=C\CCCCC)OC(=O)CCCCCCCCC/C=C\C/C=C\CCCCCC. The van der Waals surface area contributed by atoms with Gasteiger partial charge in [0.15, 0.2) is 6.10 Å². The highest BCUT2D eigenvalue weighted by Crippen LogP contribution is 2.17. The topological polar surface area (TPSA) is 78.9 Å². The first-order chi connectivity index (χ1) is 40.5. The van der Waals surface area contributed by atoms with E-state index in [1.165, 1.54) is 199 Å². The van der Waals surface area contributed by atoms with E-state index in [0.717, 1.165) is 109 Å². The van der Waals surface area contributed by atoms with E-state index in [-0.39, 0.29) is 31.1 Å². The molecule has 0 N–H and O–H groups in total. The zero-order valence-corrected chi connectivity index (χ0v) is 54.2. The van der Waals surface area contributed by atoms with Gasteiger partial charge in [-0.25, -0.2) is 0 Å². The van der Waals surface area contributed by atoms with Crippen LogP contribution in [0.3, 0.4) is 0 Å². The molecule has 0 aromatic rings. The van der Waals surface area contributed by atoms with E-state index in [1.54, 1.807) is 0 Å². The van der Waals surface area contributed by atoms with E-state index in [0.29, 0.717) is 19.3 Å². The molecule has 0 bridgehead atoms. The lowest BCUT2D eigenvalue weighted by Gasteiger charge is -2.18. The van der Waals surface area contributed by atoms with Crippen molar-refractivity contribution in [1.29, 1.82) is 0 Å². The van der Waals surface area contributed by atoms with Crippen LogP contribution in [0.5, 0.6) is 0 Å². The highest BCUT2D eigenvalue weighted by molar-refractivity contribution is 5.71. The molecule has 0 saturated carbocycles. The van der Waals surface area contributed by atoms with E-state index in [4.69, 9.17) is 14.2 Å². The van der Waals surface area contributed by atoms with E-state index >= 15 is 0 Å². The standard InChI is InChI=1S/C76H132O6/c1-4-7-10-13-16-19-22-25-28-31-33-34-35-36-37-38-39-40-41-42-43-46-48-51-54-57-60-63-66-69-75(78)81-72-73(71-80-74(77)68-65-62-59-56-53-50-47-44-30-27-24-21-18-15-12-9-6-3)82-76(79)70-67-64-61-58-55-52-49-45-32-29-26-23-20-17-14-11-8-5-2/h7,10,16,18-21,23,25,27-30,32-34,73H,4-6,8-9,11-15,17,22,24,26,31,35-72H2,1-3H3/b10-7-,19-16-,21-18-,23-20-,28-25-,30-27-,32-29-,34-33-. The number of allylic oxidation sites excluding steroid dienone is 16. The molecule has 1 unspecified atom stereocenters. The summed E-state index contributed by atoms with van der Waals surface area (Å²) in [6.07, 6.45) is 94.3. The van der Waals surface area contributed by atoms with Crippen molar-refractivity contribution in [3.63, 3.8) is 0 Å². The summed E-state index contributed by atoms with van der Waals surface area (Å²) in [6, 6.07) is 0. The van der Waals surface area contributed by atoms with Crippen LogP contribution < -0.4 is 0 Å². The molecular weight excluding hydrogens is 1010 g/mol. The fourth-order valence-electron chi connectivity index (χ4n) is 10.0. The summed E-state index contributed by atoms with van der Waals surface area (Å²) in [5.41, 5.74) is 0. The average Bonchev–Trinajstić information content (AvgIpc) is 3.47. The Bertz CT molecular complexity index is 1590. The molecule has 0 aliphatic heterocycles. The Labute approximate surface area is 508 Å². The quantitative estimate of drug-likeness (QED) is 0.0261. The van der Waals surface area contributed by atoms with Gasteiger partial charge < -0.3 is 14.2 Å². The molecule has 6 heteroatoms. The first-order valence-corrected chi connectivity index (χ1v) is 35.2. The van der Waals surface area contributed by atoms with Crippen LogP contribution in [-0.4, -0.2) is 37.2 Å². The Morgan fingerprint density at radius 1 is 0.256 bits per heavy atom. The van der Waals surface area contributed by atoms with E-state index in [9.17, 15) is 14.4 Å². The van der Waals surface area contributed by atoms with E-state index in [2.05, 4.69) is 118 Å².